The predicted octanol–water partition coefficient (Wildman–Crippen LogP) is 4.07. The number of rotatable bonds is 5. The van der Waals surface area contributed by atoms with Gasteiger partial charge < -0.3 is 5.32 Å². The molecule has 116 valence electrons. The van der Waals surface area contributed by atoms with Gasteiger partial charge in [-0.15, -0.1) is 11.8 Å². The molecule has 1 N–H and O–H groups in total. The van der Waals surface area contributed by atoms with Crippen LogP contribution in [-0.4, -0.2) is 17.1 Å². The Morgan fingerprint density at radius 1 is 1.23 bits per heavy atom. The summed E-state index contributed by atoms with van der Waals surface area (Å²) in [4.78, 5) is 16.7. The summed E-state index contributed by atoms with van der Waals surface area (Å²) in [7, 11) is 0. The number of carbonyl (C=O) groups is 1. The maximum atomic E-state index is 13.1. The topological polar surface area (TPSA) is 42.0 Å². The molecule has 5 heteroatoms. The van der Waals surface area contributed by atoms with E-state index >= 15 is 0 Å². The molecule has 0 saturated carbocycles. The van der Waals surface area contributed by atoms with Crippen LogP contribution in [0, 0.1) is 11.7 Å². The van der Waals surface area contributed by atoms with Gasteiger partial charge in [0, 0.05) is 6.20 Å². The second-order valence-corrected chi connectivity index (χ2v) is 6.10. The van der Waals surface area contributed by atoms with Gasteiger partial charge in [0.05, 0.1) is 11.6 Å². The number of carbonyl (C=O) groups excluding carboxylic acids is 1. The highest BCUT2D eigenvalue weighted by atomic mass is 32.2. The third kappa shape index (κ3) is 3.85. The molecule has 1 aromatic heterocycles. The number of benzene rings is 1. The van der Waals surface area contributed by atoms with Crippen molar-refractivity contribution in [3.63, 3.8) is 0 Å². The molecule has 0 aliphatic heterocycles. The largest absolute Gasteiger partial charge is 0.345 e. The van der Waals surface area contributed by atoms with Gasteiger partial charge >= 0.3 is 0 Å². The summed E-state index contributed by atoms with van der Waals surface area (Å²) in [5.74, 6) is -0.265. The quantitative estimate of drug-likeness (QED) is 0.845. The lowest BCUT2D eigenvalue weighted by Crippen LogP contribution is -2.32. The molecule has 2 aromatic rings. The van der Waals surface area contributed by atoms with Crippen molar-refractivity contribution in [1.29, 1.82) is 0 Å². The van der Waals surface area contributed by atoms with Crippen molar-refractivity contribution in [2.75, 3.05) is 6.26 Å². The zero-order chi connectivity index (χ0) is 16.1. The van der Waals surface area contributed by atoms with Crippen molar-refractivity contribution in [2.45, 2.75) is 24.9 Å². The van der Waals surface area contributed by atoms with E-state index in [-0.39, 0.29) is 23.7 Å². The van der Waals surface area contributed by atoms with Crippen molar-refractivity contribution < 1.29 is 9.18 Å². The Balaban J connectivity index is 2.24. The number of aromatic nitrogens is 1. The molecule has 0 spiro atoms. The maximum absolute atomic E-state index is 13.1. The standard InChI is InChI=1S/C17H19FN2OS/c1-11(2)15(12-6-8-13(18)9-7-12)20-16(21)14-5-4-10-19-17(14)22-3/h4-11,15H,1-3H3,(H,20,21)/t15-/m1/s1. The Morgan fingerprint density at radius 3 is 2.50 bits per heavy atom. The molecule has 1 amide bonds. The molecule has 2 rings (SSSR count). The number of amides is 1. The molecule has 0 aliphatic carbocycles. The maximum Gasteiger partial charge on any atom is 0.254 e. The first-order valence-corrected chi connectivity index (χ1v) is 8.30. The number of pyridine rings is 1. The zero-order valence-electron chi connectivity index (χ0n) is 12.8. The van der Waals surface area contributed by atoms with Gasteiger partial charge in [-0.3, -0.25) is 4.79 Å². The Kier molecular flexibility index (Phi) is 5.55. The van der Waals surface area contributed by atoms with Crippen molar-refractivity contribution in [1.82, 2.24) is 10.3 Å². The van der Waals surface area contributed by atoms with Crippen molar-refractivity contribution in [2.24, 2.45) is 5.92 Å². The van der Waals surface area contributed by atoms with Crippen molar-refractivity contribution in [3.8, 4) is 0 Å². The average Bonchev–Trinajstić information content (AvgIpc) is 2.53. The van der Waals surface area contributed by atoms with Crippen LogP contribution >= 0.6 is 11.8 Å². The molecule has 0 unspecified atom stereocenters. The molecule has 0 saturated heterocycles. The van der Waals surface area contributed by atoms with Gasteiger partial charge in [-0.25, -0.2) is 9.37 Å². The second kappa shape index (κ2) is 7.40. The van der Waals surface area contributed by atoms with Crippen LogP contribution in [0.25, 0.3) is 0 Å². The first kappa shape index (κ1) is 16.5. The van der Waals surface area contributed by atoms with Crippen LogP contribution < -0.4 is 5.32 Å². The molecule has 0 fully saturated rings. The average molecular weight is 318 g/mol. The third-order valence-electron chi connectivity index (χ3n) is 3.39. The van der Waals surface area contributed by atoms with Crippen molar-refractivity contribution >= 4 is 17.7 Å². The van der Waals surface area contributed by atoms with E-state index in [0.29, 0.717) is 10.6 Å². The fraction of sp³-hybridized carbons (Fsp3) is 0.294. The van der Waals surface area contributed by atoms with Crippen LogP contribution in [0.15, 0.2) is 47.6 Å². The van der Waals surface area contributed by atoms with Gasteiger partial charge in [-0.1, -0.05) is 26.0 Å². The van der Waals surface area contributed by atoms with Crippen LogP contribution in [0.1, 0.15) is 35.8 Å². The first-order chi connectivity index (χ1) is 10.5. The van der Waals surface area contributed by atoms with E-state index in [1.165, 1.54) is 23.9 Å². The fourth-order valence-corrected chi connectivity index (χ4v) is 2.80. The smallest absolute Gasteiger partial charge is 0.254 e. The highest BCUT2D eigenvalue weighted by Gasteiger charge is 2.21. The Morgan fingerprint density at radius 2 is 1.91 bits per heavy atom. The summed E-state index contributed by atoms with van der Waals surface area (Å²) in [6, 6.07) is 9.57. The molecule has 1 atom stereocenters. The van der Waals surface area contributed by atoms with Crippen molar-refractivity contribution in [3.05, 3.63) is 59.5 Å². The number of thioether (sulfide) groups is 1. The van der Waals surface area contributed by atoms with E-state index in [9.17, 15) is 9.18 Å². The summed E-state index contributed by atoms with van der Waals surface area (Å²) in [6.07, 6.45) is 3.56. The van der Waals surface area contributed by atoms with E-state index in [1.807, 2.05) is 20.1 Å². The minimum Gasteiger partial charge on any atom is -0.345 e. The number of nitrogens with zero attached hydrogens (tertiary/aromatic N) is 1. The molecule has 0 bridgehead atoms. The zero-order valence-corrected chi connectivity index (χ0v) is 13.7. The summed E-state index contributed by atoms with van der Waals surface area (Å²) in [5.41, 5.74) is 1.45. The molecule has 22 heavy (non-hydrogen) atoms. The van der Waals surface area contributed by atoms with E-state index in [4.69, 9.17) is 0 Å². The second-order valence-electron chi connectivity index (χ2n) is 5.31. The van der Waals surface area contributed by atoms with Gasteiger partial charge in [0.15, 0.2) is 0 Å². The Labute approximate surface area is 134 Å². The van der Waals surface area contributed by atoms with Crippen LogP contribution in [0.5, 0.6) is 0 Å². The van der Waals surface area contributed by atoms with Crippen LogP contribution in [0.2, 0.25) is 0 Å². The lowest BCUT2D eigenvalue weighted by atomic mass is 9.95. The Hall–Kier alpha value is -1.88. The highest BCUT2D eigenvalue weighted by molar-refractivity contribution is 7.98. The third-order valence-corrected chi connectivity index (χ3v) is 4.10. The normalized spacial score (nSPS) is 12.2. The van der Waals surface area contributed by atoms with E-state index in [1.54, 1.807) is 30.5 Å². The van der Waals surface area contributed by atoms with Crippen LogP contribution in [0.3, 0.4) is 0 Å². The molecule has 0 aliphatic rings. The lowest BCUT2D eigenvalue weighted by molar-refractivity contribution is 0.0922. The molecule has 1 heterocycles. The van der Waals surface area contributed by atoms with Gasteiger partial charge in [-0.2, -0.15) is 0 Å². The van der Waals surface area contributed by atoms with Gasteiger partial charge in [0.2, 0.25) is 0 Å². The molecular formula is C17H19FN2OS. The predicted molar refractivity (Wildman–Crippen MR) is 87.5 cm³/mol. The number of hydrogen-bond acceptors (Lipinski definition) is 3. The first-order valence-electron chi connectivity index (χ1n) is 7.08. The number of nitrogens with one attached hydrogen (secondary N) is 1. The van der Waals surface area contributed by atoms with E-state index < -0.39 is 0 Å². The fourth-order valence-electron chi connectivity index (χ4n) is 2.25. The highest BCUT2D eigenvalue weighted by Crippen LogP contribution is 2.24. The van der Waals surface area contributed by atoms with Gasteiger partial charge in [0.1, 0.15) is 10.8 Å². The van der Waals surface area contributed by atoms with Crippen LogP contribution in [0.4, 0.5) is 4.39 Å². The summed E-state index contributed by atoms with van der Waals surface area (Å²) < 4.78 is 13.1. The van der Waals surface area contributed by atoms with Crippen LogP contribution in [-0.2, 0) is 0 Å². The number of halogens is 1. The summed E-state index contributed by atoms with van der Waals surface area (Å²) in [5, 5.41) is 3.72. The molecule has 0 radical (unpaired) electrons. The lowest BCUT2D eigenvalue weighted by Gasteiger charge is -2.23. The summed E-state index contributed by atoms with van der Waals surface area (Å²) >= 11 is 1.44. The summed E-state index contributed by atoms with van der Waals surface area (Å²) in [6.45, 7) is 4.04. The molecular weight excluding hydrogens is 299 g/mol. The Bertz CT molecular complexity index is 643. The minimum atomic E-state index is -0.283. The SMILES string of the molecule is CSc1ncccc1C(=O)N[C@@H](c1ccc(F)cc1)C(C)C. The van der Waals surface area contributed by atoms with E-state index in [2.05, 4.69) is 10.3 Å². The van der Waals surface area contributed by atoms with E-state index in [0.717, 1.165) is 5.56 Å². The molecule has 3 nitrogen and oxygen atoms in total. The van der Waals surface area contributed by atoms with Gasteiger partial charge in [0.25, 0.3) is 5.91 Å². The molecule has 1 aromatic carbocycles. The minimum absolute atomic E-state index is 0.166. The number of hydrogen-bond donors (Lipinski definition) is 1. The van der Waals surface area contributed by atoms with Gasteiger partial charge in [-0.05, 0) is 42.0 Å². The monoisotopic (exact) mass is 318 g/mol.